The number of aromatic nitrogens is 1. The first kappa shape index (κ1) is 18.9. The summed E-state index contributed by atoms with van der Waals surface area (Å²) >= 11 is 3.61. The molecule has 1 fully saturated rings. The number of piperazine rings is 1. The zero-order valence-electron chi connectivity index (χ0n) is 15.6. The number of carbonyl (C=O) groups is 1. The van der Waals surface area contributed by atoms with E-state index in [1.54, 1.807) is 0 Å². The third-order valence-electron chi connectivity index (χ3n) is 5.06. The molecule has 28 heavy (non-hydrogen) atoms. The lowest BCUT2D eigenvalue weighted by Crippen LogP contribution is -2.49. The maximum atomic E-state index is 12.6. The highest BCUT2D eigenvalue weighted by Crippen LogP contribution is 2.33. The van der Waals surface area contributed by atoms with Gasteiger partial charge in [-0.15, -0.1) is 0 Å². The second-order valence-electron chi connectivity index (χ2n) is 6.90. The maximum absolute atomic E-state index is 12.6. The van der Waals surface area contributed by atoms with Crippen molar-refractivity contribution in [3.05, 3.63) is 71.0 Å². The number of nitrogens with zero attached hydrogens (tertiary/aromatic N) is 3. The fourth-order valence-corrected chi connectivity index (χ4v) is 4.07. The van der Waals surface area contributed by atoms with Gasteiger partial charge < -0.3 is 9.64 Å². The molecule has 0 bridgehead atoms. The molecule has 1 aliphatic rings. The predicted octanol–water partition coefficient (Wildman–Crippen LogP) is 3.72. The lowest BCUT2D eigenvalue weighted by molar-refractivity contribution is -0.135. The van der Waals surface area contributed by atoms with Crippen molar-refractivity contribution in [2.45, 2.75) is 6.54 Å². The number of fused-ring (bicyclic) bond motifs is 1. The molecule has 0 saturated carbocycles. The second kappa shape index (κ2) is 8.71. The summed E-state index contributed by atoms with van der Waals surface area (Å²) in [6.07, 6.45) is 3.63. The van der Waals surface area contributed by atoms with Crippen molar-refractivity contribution in [3.8, 4) is 5.75 Å². The molecule has 144 valence electrons. The molecule has 1 aromatic heterocycles. The van der Waals surface area contributed by atoms with Crippen LogP contribution in [0.3, 0.4) is 0 Å². The number of halogens is 1. The van der Waals surface area contributed by atoms with E-state index in [1.807, 2.05) is 59.8 Å². The van der Waals surface area contributed by atoms with Crippen LogP contribution in [0.5, 0.6) is 5.75 Å². The lowest BCUT2D eigenvalue weighted by Gasteiger charge is -2.34. The Labute approximate surface area is 173 Å². The first-order valence-electron chi connectivity index (χ1n) is 9.40. The van der Waals surface area contributed by atoms with Gasteiger partial charge in [0.15, 0.2) is 6.61 Å². The van der Waals surface area contributed by atoms with Crippen LogP contribution in [0.4, 0.5) is 0 Å². The van der Waals surface area contributed by atoms with Crippen LogP contribution in [-0.4, -0.2) is 53.5 Å². The first-order valence-corrected chi connectivity index (χ1v) is 10.2. The molecule has 2 heterocycles. The summed E-state index contributed by atoms with van der Waals surface area (Å²) in [7, 11) is 0. The standard InChI is InChI=1S/C22H22BrN3O2/c23-22-19-4-2-1-3-18(19)5-6-20(22)28-16-21(27)26-13-11-25(12-14-26)15-17-7-9-24-10-8-17/h1-10H,11-16H2. The van der Waals surface area contributed by atoms with E-state index in [0.29, 0.717) is 5.75 Å². The number of hydrogen-bond acceptors (Lipinski definition) is 4. The van der Waals surface area contributed by atoms with Gasteiger partial charge >= 0.3 is 0 Å². The Kier molecular flexibility index (Phi) is 5.88. The Morgan fingerprint density at radius 2 is 1.75 bits per heavy atom. The molecule has 0 radical (unpaired) electrons. The molecule has 1 amide bonds. The number of benzene rings is 2. The molecule has 0 atom stereocenters. The monoisotopic (exact) mass is 439 g/mol. The highest BCUT2D eigenvalue weighted by atomic mass is 79.9. The molecule has 4 rings (SSSR count). The minimum Gasteiger partial charge on any atom is -0.483 e. The quantitative estimate of drug-likeness (QED) is 0.607. The van der Waals surface area contributed by atoms with E-state index in [9.17, 15) is 4.79 Å². The minimum atomic E-state index is 0.0311. The Hall–Kier alpha value is -2.44. The highest BCUT2D eigenvalue weighted by molar-refractivity contribution is 9.10. The summed E-state index contributed by atoms with van der Waals surface area (Å²) in [4.78, 5) is 20.9. The third kappa shape index (κ3) is 4.34. The molecule has 1 aliphatic heterocycles. The maximum Gasteiger partial charge on any atom is 0.260 e. The Bertz CT molecular complexity index is 956. The van der Waals surface area contributed by atoms with Crippen LogP contribution in [0, 0.1) is 0 Å². The van der Waals surface area contributed by atoms with Gasteiger partial charge in [0.05, 0.1) is 4.47 Å². The van der Waals surface area contributed by atoms with Gasteiger partial charge in [-0.2, -0.15) is 0 Å². The Morgan fingerprint density at radius 1 is 1.00 bits per heavy atom. The third-order valence-corrected chi connectivity index (χ3v) is 5.88. The van der Waals surface area contributed by atoms with Crippen LogP contribution in [0.25, 0.3) is 10.8 Å². The van der Waals surface area contributed by atoms with Crippen molar-refractivity contribution >= 4 is 32.6 Å². The number of carbonyl (C=O) groups excluding carboxylic acids is 1. The van der Waals surface area contributed by atoms with Crippen LogP contribution in [0.15, 0.2) is 65.4 Å². The minimum absolute atomic E-state index is 0.0311. The van der Waals surface area contributed by atoms with E-state index in [2.05, 4.69) is 31.9 Å². The van der Waals surface area contributed by atoms with Crippen LogP contribution < -0.4 is 4.74 Å². The predicted molar refractivity (Wildman–Crippen MR) is 113 cm³/mol. The average molecular weight is 440 g/mol. The summed E-state index contributed by atoms with van der Waals surface area (Å²) in [5.41, 5.74) is 1.25. The normalized spacial score (nSPS) is 15.0. The van der Waals surface area contributed by atoms with Crippen molar-refractivity contribution in [1.29, 1.82) is 0 Å². The van der Waals surface area contributed by atoms with Crippen molar-refractivity contribution in [3.63, 3.8) is 0 Å². The summed E-state index contributed by atoms with van der Waals surface area (Å²) in [5.74, 6) is 0.729. The molecule has 0 unspecified atom stereocenters. The van der Waals surface area contributed by atoms with Crippen LogP contribution in [-0.2, 0) is 11.3 Å². The number of pyridine rings is 1. The summed E-state index contributed by atoms with van der Waals surface area (Å²) in [5, 5.41) is 2.22. The lowest BCUT2D eigenvalue weighted by atomic mass is 10.1. The average Bonchev–Trinajstić information content (AvgIpc) is 2.74. The van der Waals surface area contributed by atoms with Crippen molar-refractivity contribution in [2.24, 2.45) is 0 Å². The zero-order valence-corrected chi connectivity index (χ0v) is 17.1. The van der Waals surface area contributed by atoms with E-state index in [-0.39, 0.29) is 12.5 Å². The Morgan fingerprint density at radius 3 is 2.54 bits per heavy atom. The molecule has 0 spiro atoms. The molecular formula is C22H22BrN3O2. The fourth-order valence-electron chi connectivity index (χ4n) is 3.46. The molecular weight excluding hydrogens is 418 g/mol. The van der Waals surface area contributed by atoms with Gasteiger partial charge in [0, 0.05) is 45.1 Å². The Balaban J connectivity index is 1.30. The second-order valence-corrected chi connectivity index (χ2v) is 7.69. The van der Waals surface area contributed by atoms with Crippen LogP contribution in [0.2, 0.25) is 0 Å². The van der Waals surface area contributed by atoms with Crippen molar-refractivity contribution < 1.29 is 9.53 Å². The molecule has 2 aromatic carbocycles. The molecule has 0 N–H and O–H groups in total. The number of amides is 1. The van der Waals surface area contributed by atoms with Gasteiger partial charge in [0.2, 0.25) is 0 Å². The zero-order chi connectivity index (χ0) is 19.3. The SMILES string of the molecule is O=C(COc1ccc2ccccc2c1Br)N1CCN(Cc2ccncc2)CC1. The van der Waals surface area contributed by atoms with Gasteiger partial charge in [0.25, 0.3) is 5.91 Å². The summed E-state index contributed by atoms with van der Waals surface area (Å²) in [6.45, 7) is 4.15. The van der Waals surface area contributed by atoms with Gasteiger partial charge in [-0.25, -0.2) is 0 Å². The van der Waals surface area contributed by atoms with Gasteiger partial charge in [-0.05, 0) is 50.5 Å². The molecule has 0 aliphatic carbocycles. The highest BCUT2D eigenvalue weighted by Gasteiger charge is 2.21. The topological polar surface area (TPSA) is 45.7 Å². The first-order chi connectivity index (χ1) is 13.7. The van der Waals surface area contributed by atoms with E-state index in [4.69, 9.17) is 4.74 Å². The van der Waals surface area contributed by atoms with E-state index < -0.39 is 0 Å². The van der Waals surface area contributed by atoms with Gasteiger partial charge in [0.1, 0.15) is 5.75 Å². The van der Waals surface area contributed by atoms with E-state index >= 15 is 0 Å². The number of ether oxygens (including phenoxy) is 1. The van der Waals surface area contributed by atoms with Crippen molar-refractivity contribution in [1.82, 2.24) is 14.8 Å². The number of rotatable bonds is 5. The van der Waals surface area contributed by atoms with E-state index in [0.717, 1.165) is 48.0 Å². The summed E-state index contributed by atoms with van der Waals surface area (Å²) < 4.78 is 6.71. The van der Waals surface area contributed by atoms with Gasteiger partial charge in [-0.3, -0.25) is 14.7 Å². The van der Waals surface area contributed by atoms with Crippen LogP contribution >= 0.6 is 15.9 Å². The van der Waals surface area contributed by atoms with Gasteiger partial charge in [-0.1, -0.05) is 30.3 Å². The number of hydrogen-bond donors (Lipinski definition) is 0. The molecule has 1 saturated heterocycles. The fraction of sp³-hybridized carbons (Fsp3) is 0.273. The molecule has 3 aromatic rings. The smallest absolute Gasteiger partial charge is 0.260 e. The molecule has 6 heteroatoms. The van der Waals surface area contributed by atoms with Crippen molar-refractivity contribution in [2.75, 3.05) is 32.8 Å². The van der Waals surface area contributed by atoms with Crippen LogP contribution in [0.1, 0.15) is 5.56 Å². The summed E-state index contributed by atoms with van der Waals surface area (Å²) in [6, 6.07) is 16.1. The largest absolute Gasteiger partial charge is 0.483 e. The molecule has 5 nitrogen and oxygen atoms in total. The van der Waals surface area contributed by atoms with E-state index in [1.165, 1.54) is 5.56 Å².